The van der Waals surface area contributed by atoms with Crippen LogP contribution in [0.15, 0.2) is 28.7 Å². The number of aromatic nitrogens is 1. The zero-order valence-corrected chi connectivity index (χ0v) is 7.86. The fraction of sp³-hybridized carbons (Fsp3) is 0.364. The molecule has 0 aliphatic carbocycles. The van der Waals surface area contributed by atoms with Gasteiger partial charge < -0.3 is 9.73 Å². The van der Waals surface area contributed by atoms with Gasteiger partial charge in [-0.15, -0.1) is 0 Å². The molecule has 0 radical (unpaired) electrons. The van der Waals surface area contributed by atoms with Crippen molar-refractivity contribution in [1.82, 2.24) is 10.3 Å². The van der Waals surface area contributed by atoms with E-state index in [0.717, 1.165) is 30.0 Å². The first-order valence-electron chi connectivity index (χ1n) is 5.02. The third kappa shape index (κ3) is 1.21. The van der Waals surface area contributed by atoms with E-state index < -0.39 is 0 Å². The summed E-state index contributed by atoms with van der Waals surface area (Å²) >= 11 is 0. The average Bonchev–Trinajstić information content (AvgIpc) is 2.86. The Labute approximate surface area is 82.1 Å². The lowest BCUT2D eigenvalue weighted by Crippen LogP contribution is -2.12. The molecule has 1 atom stereocenters. The van der Waals surface area contributed by atoms with E-state index >= 15 is 0 Å². The smallest absolute Gasteiger partial charge is 0.212 e. The maximum absolute atomic E-state index is 5.68. The van der Waals surface area contributed by atoms with Crippen molar-refractivity contribution in [1.29, 1.82) is 0 Å². The summed E-state index contributed by atoms with van der Waals surface area (Å²) in [5, 5.41) is 3.38. The van der Waals surface area contributed by atoms with E-state index in [4.69, 9.17) is 4.42 Å². The number of nitrogens with one attached hydrogen (secondary N) is 1. The van der Waals surface area contributed by atoms with E-state index in [0.29, 0.717) is 6.04 Å². The molecule has 14 heavy (non-hydrogen) atoms. The molecule has 3 nitrogen and oxygen atoms in total. The van der Waals surface area contributed by atoms with E-state index in [1.165, 1.54) is 6.42 Å². The maximum Gasteiger partial charge on any atom is 0.212 e. The number of benzene rings is 1. The summed E-state index contributed by atoms with van der Waals surface area (Å²) in [6.45, 7) is 1.07. The summed E-state index contributed by atoms with van der Waals surface area (Å²) < 4.78 is 5.68. The Bertz CT molecular complexity index is 410. The Morgan fingerprint density at radius 2 is 2.29 bits per heavy atom. The maximum atomic E-state index is 5.68. The van der Waals surface area contributed by atoms with Crippen molar-refractivity contribution >= 4 is 11.1 Å². The Balaban J connectivity index is 2.05. The first-order chi connectivity index (χ1) is 6.93. The second kappa shape index (κ2) is 3.10. The molecule has 0 bridgehead atoms. The molecule has 0 amide bonds. The van der Waals surface area contributed by atoms with Crippen molar-refractivity contribution < 1.29 is 4.42 Å². The zero-order chi connectivity index (χ0) is 9.38. The molecule has 0 unspecified atom stereocenters. The number of hydrogen-bond acceptors (Lipinski definition) is 3. The molecule has 1 aromatic carbocycles. The monoisotopic (exact) mass is 188 g/mol. The van der Waals surface area contributed by atoms with Crippen molar-refractivity contribution in [3.05, 3.63) is 30.2 Å². The minimum Gasteiger partial charge on any atom is -0.439 e. The number of rotatable bonds is 1. The van der Waals surface area contributed by atoms with Crippen molar-refractivity contribution in [3.63, 3.8) is 0 Å². The number of para-hydroxylation sites is 2. The highest BCUT2D eigenvalue weighted by Gasteiger charge is 2.21. The van der Waals surface area contributed by atoms with Gasteiger partial charge in [0.15, 0.2) is 5.58 Å². The van der Waals surface area contributed by atoms with Gasteiger partial charge in [-0.05, 0) is 31.5 Å². The van der Waals surface area contributed by atoms with E-state index in [1.807, 2.05) is 24.3 Å². The van der Waals surface area contributed by atoms with Crippen LogP contribution < -0.4 is 5.32 Å². The molecule has 1 aliphatic heterocycles. The van der Waals surface area contributed by atoms with Gasteiger partial charge in [0.1, 0.15) is 5.52 Å². The molecule has 1 aromatic heterocycles. The Hall–Kier alpha value is -1.35. The molecule has 0 spiro atoms. The summed E-state index contributed by atoms with van der Waals surface area (Å²) in [5.74, 6) is 0.837. The van der Waals surface area contributed by atoms with Crippen LogP contribution in [0.25, 0.3) is 11.1 Å². The van der Waals surface area contributed by atoms with Crippen molar-refractivity contribution in [2.75, 3.05) is 6.54 Å². The molecule has 1 fully saturated rings. The lowest BCUT2D eigenvalue weighted by Gasteiger charge is -2.02. The first-order valence-corrected chi connectivity index (χ1v) is 5.02. The largest absolute Gasteiger partial charge is 0.439 e. The van der Waals surface area contributed by atoms with Gasteiger partial charge in [-0.25, -0.2) is 4.98 Å². The molecule has 1 saturated heterocycles. The summed E-state index contributed by atoms with van der Waals surface area (Å²) in [7, 11) is 0. The number of hydrogen-bond donors (Lipinski definition) is 1. The summed E-state index contributed by atoms with van der Waals surface area (Å²) in [6, 6.07) is 8.22. The highest BCUT2D eigenvalue weighted by atomic mass is 16.3. The van der Waals surface area contributed by atoms with E-state index in [9.17, 15) is 0 Å². The lowest BCUT2D eigenvalue weighted by atomic mass is 10.2. The predicted octanol–water partition coefficient (Wildman–Crippen LogP) is 2.25. The van der Waals surface area contributed by atoms with Crippen molar-refractivity contribution in [2.45, 2.75) is 18.9 Å². The Kier molecular flexibility index (Phi) is 1.77. The van der Waals surface area contributed by atoms with Crippen LogP contribution in [0.1, 0.15) is 24.8 Å². The highest BCUT2D eigenvalue weighted by Crippen LogP contribution is 2.25. The van der Waals surface area contributed by atoms with Gasteiger partial charge >= 0.3 is 0 Å². The van der Waals surface area contributed by atoms with Gasteiger partial charge in [-0.1, -0.05) is 12.1 Å². The zero-order valence-electron chi connectivity index (χ0n) is 7.86. The van der Waals surface area contributed by atoms with Gasteiger partial charge in [-0.2, -0.15) is 0 Å². The van der Waals surface area contributed by atoms with Crippen LogP contribution in [0.5, 0.6) is 0 Å². The molecule has 0 saturated carbocycles. The van der Waals surface area contributed by atoms with E-state index in [-0.39, 0.29) is 0 Å². The Morgan fingerprint density at radius 3 is 3.07 bits per heavy atom. The molecule has 1 aliphatic rings. The minimum absolute atomic E-state index is 0.322. The summed E-state index contributed by atoms with van der Waals surface area (Å²) in [6.07, 6.45) is 2.34. The van der Waals surface area contributed by atoms with Gasteiger partial charge in [0.25, 0.3) is 0 Å². The van der Waals surface area contributed by atoms with Crippen LogP contribution in [0, 0.1) is 0 Å². The van der Waals surface area contributed by atoms with Crippen LogP contribution in [0.3, 0.4) is 0 Å². The normalized spacial score (nSPS) is 21.9. The third-order valence-corrected chi connectivity index (χ3v) is 2.67. The summed E-state index contributed by atoms with van der Waals surface area (Å²) in [5.41, 5.74) is 1.84. The number of oxazole rings is 1. The molecule has 2 heterocycles. The van der Waals surface area contributed by atoms with Crippen LogP contribution in [-0.4, -0.2) is 11.5 Å². The van der Waals surface area contributed by atoms with Gasteiger partial charge in [0, 0.05) is 0 Å². The van der Waals surface area contributed by atoms with Gasteiger partial charge in [0.05, 0.1) is 6.04 Å². The van der Waals surface area contributed by atoms with E-state index in [2.05, 4.69) is 10.3 Å². The van der Waals surface area contributed by atoms with Crippen LogP contribution in [0.2, 0.25) is 0 Å². The quantitative estimate of drug-likeness (QED) is 0.745. The first kappa shape index (κ1) is 8.00. The van der Waals surface area contributed by atoms with Crippen LogP contribution in [-0.2, 0) is 0 Å². The molecule has 3 rings (SSSR count). The predicted molar refractivity (Wildman–Crippen MR) is 54.0 cm³/mol. The second-order valence-electron chi connectivity index (χ2n) is 3.67. The number of nitrogens with zero attached hydrogens (tertiary/aromatic N) is 1. The fourth-order valence-corrected chi connectivity index (χ4v) is 1.93. The van der Waals surface area contributed by atoms with Crippen molar-refractivity contribution in [2.24, 2.45) is 0 Å². The second-order valence-corrected chi connectivity index (χ2v) is 3.67. The molecule has 3 heteroatoms. The minimum atomic E-state index is 0.322. The molecule has 72 valence electrons. The van der Waals surface area contributed by atoms with E-state index in [1.54, 1.807) is 0 Å². The molecular weight excluding hydrogens is 176 g/mol. The summed E-state index contributed by atoms with van der Waals surface area (Å²) in [4.78, 5) is 4.47. The van der Waals surface area contributed by atoms with Gasteiger partial charge in [-0.3, -0.25) is 0 Å². The Morgan fingerprint density at radius 1 is 1.36 bits per heavy atom. The highest BCUT2D eigenvalue weighted by molar-refractivity contribution is 5.72. The van der Waals surface area contributed by atoms with Crippen LogP contribution in [0.4, 0.5) is 0 Å². The van der Waals surface area contributed by atoms with Gasteiger partial charge in [0.2, 0.25) is 5.89 Å². The number of fused-ring (bicyclic) bond motifs is 1. The molecule has 1 N–H and O–H groups in total. The lowest BCUT2D eigenvalue weighted by molar-refractivity contribution is 0.452. The standard InChI is InChI=1S/C11H12N2O/c1-2-6-10-8(4-1)13-11(14-10)9-5-3-7-12-9/h1-2,4,6,9,12H,3,5,7H2/t9-/m1/s1. The van der Waals surface area contributed by atoms with Crippen molar-refractivity contribution in [3.8, 4) is 0 Å². The average molecular weight is 188 g/mol. The fourth-order valence-electron chi connectivity index (χ4n) is 1.93. The molecule has 2 aromatic rings. The SMILES string of the molecule is c1ccc2oc([C@H]3CCCN3)nc2c1. The van der Waals surface area contributed by atoms with Crippen LogP contribution >= 0.6 is 0 Å². The topological polar surface area (TPSA) is 38.1 Å². The molecular formula is C11H12N2O. The third-order valence-electron chi connectivity index (χ3n) is 2.67.